The van der Waals surface area contributed by atoms with Gasteiger partial charge in [0.25, 0.3) is 5.91 Å². The highest BCUT2D eigenvalue weighted by Crippen LogP contribution is 2.25. The van der Waals surface area contributed by atoms with Gasteiger partial charge in [0.05, 0.1) is 21.7 Å². The lowest BCUT2D eigenvalue weighted by atomic mass is 10.0. The average Bonchev–Trinajstić information content (AvgIpc) is 3.11. The van der Waals surface area contributed by atoms with Gasteiger partial charge in [-0.25, -0.2) is 8.42 Å². The molecule has 1 amide bonds. The number of hydrogen-bond donors (Lipinski definition) is 0. The van der Waals surface area contributed by atoms with E-state index < -0.39 is 15.9 Å². The van der Waals surface area contributed by atoms with Gasteiger partial charge < -0.3 is 4.57 Å². The first-order valence-electron chi connectivity index (χ1n) is 10.9. The molecule has 1 unspecified atom stereocenters. The minimum atomic E-state index is -3.57. The van der Waals surface area contributed by atoms with Crippen LogP contribution >= 0.6 is 11.3 Å². The average molecular weight is 482 g/mol. The number of benzene rings is 2. The fraction of sp³-hybridized carbons (Fsp3) is 0.360. The van der Waals surface area contributed by atoms with Gasteiger partial charge in [-0.1, -0.05) is 30.2 Å². The van der Waals surface area contributed by atoms with Gasteiger partial charge in [0, 0.05) is 18.7 Å². The summed E-state index contributed by atoms with van der Waals surface area (Å²) in [7, 11) is -3.57. The first-order chi connectivity index (χ1) is 15.7. The number of piperidine rings is 1. The molecule has 2 aromatic carbocycles. The summed E-state index contributed by atoms with van der Waals surface area (Å²) in [6.07, 6.45) is 7.47. The molecule has 6 nitrogen and oxygen atoms in total. The molecule has 1 aliphatic heterocycles. The summed E-state index contributed by atoms with van der Waals surface area (Å²) in [4.78, 5) is 18.0. The molecular formula is C25H27N3O3S2. The molecule has 3 aromatic rings. The second-order valence-electron chi connectivity index (χ2n) is 8.66. The van der Waals surface area contributed by atoms with Crippen LogP contribution in [0.15, 0.2) is 46.3 Å². The number of rotatable bonds is 4. The number of carbonyl (C=O) groups excluding carboxylic acids is 1. The van der Waals surface area contributed by atoms with Gasteiger partial charge in [0.2, 0.25) is 10.0 Å². The number of aryl methyl sites for hydroxylation is 2. The molecule has 0 spiro atoms. The molecule has 0 aliphatic carbocycles. The summed E-state index contributed by atoms with van der Waals surface area (Å²) >= 11 is 1.43. The van der Waals surface area contributed by atoms with Crippen LogP contribution in [0, 0.1) is 32.1 Å². The number of hydrogen-bond acceptors (Lipinski definition) is 4. The molecule has 1 fully saturated rings. The standard InChI is InChI=1S/C25H27N3O3S2/c1-5-12-28-22-15-18(3)14-19(4)23(22)32-25(28)26-24(29)20-8-10-21(11-9-20)33(30,31)27-13-6-7-17(2)16-27/h1,8-11,14-15,17H,6-7,12-13,16H2,2-4H3. The Morgan fingerprint density at radius 1 is 1.24 bits per heavy atom. The van der Waals surface area contributed by atoms with E-state index in [4.69, 9.17) is 6.42 Å². The number of fused-ring (bicyclic) bond motifs is 1. The second kappa shape index (κ2) is 9.26. The van der Waals surface area contributed by atoms with Gasteiger partial charge in [-0.05, 0) is 74.1 Å². The Bertz CT molecular complexity index is 1420. The van der Waals surface area contributed by atoms with E-state index in [9.17, 15) is 13.2 Å². The van der Waals surface area contributed by atoms with E-state index in [1.165, 1.54) is 39.9 Å². The Labute approximate surface area is 198 Å². The van der Waals surface area contributed by atoms with E-state index in [2.05, 4.69) is 23.9 Å². The highest BCUT2D eigenvalue weighted by Gasteiger charge is 2.28. The molecule has 8 heteroatoms. The lowest BCUT2D eigenvalue weighted by molar-refractivity contribution is 0.0998. The van der Waals surface area contributed by atoms with E-state index in [0.717, 1.165) is 34.2 Å². The third-order valence-corrected chi connectivity index (χ3v) is 9.03. The van der Waals surface area contributed by atoms with Crippen LogP contribution in [0.5, 0.6) is 0 Å². The van der Waals surface area contributed by atoms with Crippen LogP contribution < -0.4 is 4.80 Å². The highest BCUT2D eigenvalue weighted by molar-refractivity contribution is 7.89. The Morgan fingerprint density at radius 2 is 1.97 bits per heavy atom. The minimum absolute atomic E-state index is 0.198. The third-order valence-electron chi connectivity index (χ3n) is 5.92. The first kappa shape index (κ1) is 23.4. The lowest BCUT2D eigenvalue weighted by Crippen LogP contribution is -2.39. The monoisotopic (exact) mass is 481 g/mol. The molecule has 172 valence electrons. The van der Waals surface area contributed by atoms with Crippen molar-refractivity contribution in [1.82, 2.24) is 8.87 Å². The fourth-order valence-electron chi connectivity index (χ4n) is 4.28. The Morgan fingerprint density at radius 3 is 2.64 bits per heavy atom. The molecule has 1 saturated heterocycles. The topological polar surface area (TPSA) is 71.7 Å². The van der Waals surface area contributed by atoms with E-state index in [1.807, 2.05) is 24.5 Å². The van der Waals surface area contributed by atoms with Crippen molar-refractivity contribution >= 4 is 37.5 Å². The van der Waals surface area contributed by atoms with Crippen molar-refractivity contribution in [1.29, 1.82) is 0 Å². The molecule has 2 heterocycles. The molecule has 0 saturated carbocycles. The van der Waals surface area contributed by atoms with Gasteiger partial charge in [0.1, 0.15) is 0 Å². The molecule has 1 aliphatic rings. The summed E-state index contributed by atoms with van der Waals surface area (Å²) < 4.78 is 30.4. The predicted octanol–water partition coefficient (Wildman–Crippen LogP) is 4.11. The summed E-state index contributed by atoms with van der Waals surface area (Å²) in [6.45, 7) is 7.47. The Kier molecular flexibility index (Phi) is 6.57. The van der Waals surface area contributed by atoms with Crippen LogP contribution in [-0.2, 0) is 16.6 Å². The minimum Gasteiger partial charge on any atom is -0.305 e. The predicted molar refractivity (Wildman–Crippen MR) is 132 cm³/mol. The van der Waals surface area contributed by atoms with Crippen molar-refractivity contribution < 1.29 is 13.2 Å². The van der Waals surface area contributed by atoms with Crippen molar-refractivity contribution in [2.75, 3.05) is 13.1 Å². The summed E-state index contributed by atoms with van der Waals surface area (Å²) in [5, 5.41) is 0. The van der Waals surface area contributed by atoms with E-state index >= 15 is 0 Å². The highest BCUT2D eigenvalue weighted by atomic mass is 32.2. The number of carbonyl (C=O) groups is 1. The fourth-order valence-corrected chi connectivity index (χ4v) is 6.95. The van der Waals surface area contributed by atoms with Crippen molar-refractivity contribution in [3.8, 4) is 12.3 Å². The van der Waals surface area contributed by atoms with Gasteiger partial charge in [-0.3, -0.25) is 4.79 Å². The van der Waals surface area contributed by atoms with Crippen molar-refractivity contribution in [3.05, 3.63) is 57.9 Å². The maximum atomic E-state index is 13.0. The molecule has 4 rings (SSSR count). The van der Waals surface area contributed by atoms with Crippen LogP contribution in [0.2, 0.25) is 0 Å². The van der Waals surface area contributed by atoms with Crippen LogP contribution in [0.1, 0.15) is 41.3 Å². The van der Waals surface area contributed by atoms with Crippen molar-refractivity contribution in [2.45, 2.75) is 45.1 Å². The van der Waals surface area contributed by atoms with Gasteiger partial charge in [-0.2, -0.15) is 9.30 Å². The van der Waals surface area contributed by atoms with Crippen LogP contribution in [0.4, 0.5) is 0 Å². The largest absolute Gasteiger partial charge is 0.305 e. The van der Waals surface area contributed by atoms with Crippen LogP contribution in [0.3, 0.4) is 0 Å². The lowest BCUT2D eigenvalue weighted by Gasteiger charge is -2.30. The molecule has 0 bridgehead atoms. The van der Waals surface area contributed by atoms with Crippen LogP contribution in [-0.4, -0.2) is 36.3 Å². The smallest absolute Gasteiger partial charge is 0.279 e. The van der Waals surface area contributed by atoms with E-state index in [1.54, 1.807) is 0 Å². The Hall–Kier alpha value is -2.73. The molecule has 33 heavy (non-hydrogen) atoms. The second-order valence-corrected chi connectivity index (χ2v) is 11.6. The zero-order valence-electron chi connectivity index (χ0n) is 19.0. The van der Waals surface area contributed by atoms with Crippen LogP contribution in [0.25, 0.3) is 10.2 Å². The number of sulfonamides is 1. The maximum Gasteiger partial charge on any atom is 0.279 e. The molecular weight excluding hydrogens is 454 g/mol. The molecule has 0 radical (unpaired) electrons. The first-order valence-corrected chi connectivity index (χ1v) is 13.2. The molecule has 1 aromatic heterocycles. The van der Waals surface area contributed by atoms with Gasteiger partial charge >= 0.3 is 0 Å². The summed E-state index contributed by atoms with van der Waals surface area (Å²) in [5.41, 5.74) is 3.51. The van der Waals surface area contributed by atoms with Crippen molar-refractivity contribution in [3.63, 3.8) is 0 Å². The number of terminal acetylenes is 1. The summed E-state index contributed by atoms with van der Waals surface area (Å²) in [6, 6.07) is 10.2. The van der Waals surface area contributed by atoms with Gasteiger partial charge in [0.15, 0.2) is 4.80 Å². The van der Waals surface area contributed by atoms with E-state index in [0.29, 0.717) is 35.9 Å². The van der Waals surface area contributed by atoms with Gasteiger partial charge in [-0.15, -0.1) is 6.42 Å². The molecule has 0 N–H and O–H groups in total. The van der Waals surface area contributed by atoms with Crippen molar-refractivity contribution in [2.24, 2.45) is 10.9 Å². The summed E-state index contributed by atoms with van der Waals surface area (Å²) in [5.74, 6) is 2.55. The quantitative estimate of drug-likeness (QED) is 0.527. The SMILES string of the molecule is C#CCn1c(=NC(=O)c2ccc(S(=O)(=O)N3CCCC(C)C3)cc2)sc2c(C)cc(C)cc21. The maximum absolute atomic E-state index is 13.0. The third kappa shape index (κ3) is 4.67. The number of amides is 1. The zero-order chi connectivity index (χ0) is 23.8. The molecule has 1 atom stereocenters. The zero-order valence-corrected chi connectivity index (χ0v) is 20.7. The number of thiazole rings is 1. The number of aromatic nitrogens is 1. The van der Waals surface area contributed by atoms with E-state index in [-0.39, 0.29) is 4.90 Å². The number of nitrogens with zero attached hydrogens (tertiary/aromatic N) is 3. The normalized spacial score (nSPS) is 17.9. The Balaban J connectivity index is 1.67.